The summed E-state index contributed by atoms with van der Waals surface area (Å²) in [6.07, 6.45) is -5.03. The van der Waals surface area contributed by atoms with Crippen molar-refractivity contribution in [1.82, 2.24) is 4.90 Å². The molecule has 30 heavy (non-hydrogen) atoms. The van der Waals surface area contributed by atoms with Crippen LogP contribution in [0.25, 0.3) is 0 Å². The van der Waals surface area contributed by atoms with E-state index in [4.69, 9.17) is 9.47 Å². The largest absolute Gasteiger partial charge is 0.497 e. The van der Waals surface area contributed by atoms with Gasteiger partial charge in [0.15, 0.2) is 5.82 Å². The molecule has 0 atom stereocenters. The number of amides is 1. The summed E-state index contributed by atoms with van der Waals surface area (Å²) in [6, 6.07) is 5.87. The van der Waals surface area contributed by atoms with Gasteiger partial charge in [-0.25, -0.2) is 12.8 Å². The van der Waals surface area contributed by atoms with Crippen LogP contribution in [0.4, 0.5) is 23.2 Å². The van der Waals surface area contributed by atoms with Crippen molar-refractivity contribution in [2.24, 2.45) is 0 Å². The van der Waals surface area contributed by atoms with Crippen molar-refractivity contribution in [1.29, 1.82) is 0 Å². The first kappa shape index (κ1) is 21.7. The van der Waals surface area contributed by atoms with E-state index in [-0.39, 0.29) is 28.5 Å². The molecule has 0 aromatic heterocycles. The van der Waals surface area contributed by atoms with Crippen LogP contribution < -0.4 is 14.2 Å². The minimum absolute atomic E-state index is 0.110. The molecule has 7 nitrogen and oxygen atoms in total. The number of carbonyl (C=O) groups is 1. The number of rotatable bonds is 5. The van der Waals surface area contributed by atoms with Crippen LogP contribution in [0.15, 0.2) is 35.2 Å². The Balaban J connectivity index is 1.89. The maximum Gasteiger partial charge on any atom is 0.471 e. The molecular weight excluding hydrogens is 432 g/mol. The Hall–Kier alpha value is -3.02. The molecule has 1 aliphatic rings. The van der Waals surface area contributed by atoms with Gasteiger partial charge in [-0.2, -0.15) is 13.2 Å². The molecule has 2 aromatic carbocycles. The number of ether oxygens (including phenoxy) is 2. The van der Waals surface area contributed by atoms with Gasteiger partial charge in [0, 0.05) is 25.2 Å². The van der Waals surface area contributed by atoms with Crippen molar-refractivity contribution < 1.29 is 40.2 Å². The van der Waals surface area contributed by atoms with Crippen LogP contribution in [0.2, 0.25) is 0 Å². The van der Waals surface area contributed by atoms with Crippen molar-refractivity contribution in [3.63, 3.8) is 0 Å². The summed E-state index contributed by atoms with van der Waals surface area (Å²) in [5, 5.41) is 0. The van der Waals surface area contributed by atoms with Gasteiger partial charge in [-0.15, -0.1) is 0 Å². The lowest BCUT2D eigenvalue weighted by atomic mass is 10.1. The number of fused-ring (bicyclic) bond motifs is 1. The lowest BCUT2D eigenvalue weighted by Crippen LogP contribution is -2.37. The SMILES string of the molecule is COc1cc(F)c(NS(=O)(=O)c2ccc3c(c2)CN(C(=O)C(F)(F)F)C3)c(OC)c1. The van der Waals surface area contributed by atoms with Gasteiger partial charge in [0.25, 0.3) is 10.0 Å². The van der Waals surface area contributed by atoms with Gasteiger partial charge in [0.2, 0.25) is 0 Å². The van der Waals surface area contributed by atoms with Gasteiger partial charge < -0.3 is 14.4 Å². The molecule has 0 fully saturated rings. The quantitative estimate of drug-likeness (QED) is 0.711. The highest BCUT2D eigenvalue weighted by Crippen LogP contribution is 2.35. The number of hydrogen-bond acceptors (Lipinski definition) is 5. The summed E-state index contributed by atoms with van der Waals surface area (Å²) in [4.78, 5) is 11.7. The molecule has 0 bridgehead atoms. The van der Waals surface area contributed by atoms with E-state index in [1.165, 1.54) is 26.4 Å². The van der Waals surface area contributed by atoms with Gasteiger partial charge in [-0.05, 0) is 23.3 Å². The molecule has 0 saturated heterocycles. The molecular formula is C18H16F4N2O5S. The Labute approximate surface area is 169 Å². The highest BCUT2D eigenvalue weighted by Gasteiger charge is 2.44. The Morgan fingerprint density at radius 1 is 1.07 bits per heavy atom. The fourth-order valence-corrected chi connectivity index (χ4v) is 4.12. The number of methoxy groups -OCH3 is 2. The van der Waals surface area contributed by atoms with Crippen LogP contribution >= 0.6 is 0 Å². The Morgan fingerprint density at radius 2 is 1.73 bits per heavy atom. The van der Waals surface area contributed by atoms with E-state index in [1.807, 2.05) is 0 Å². The van der Waals surface area contributed by atoms with E-state index in [0.29, 0.717) is 10.5 Å². The van der Waals surface area contributed by atoms with Gasteiger partial charge in [0.1, 0.15) is 17.2 Å². The Kier molecular flexibility index (Phi) is 5.54. The van der Waals surface area contributed by atoms with E-state index in [9.17, 15) is 30.8 Å². The lowest BCUT2D eigenvalue weighted by molar-refractivity contribution is -0.186. The number of alkyl halides is 3. The number of nitrogens with one attached hydrogen (secondary N) is 1. The number of hydrogen-bond donors (Lipinski definition) is 1. The minimum atomic E-state index is -5.03. The van der Waals surface area contributed by atoms with Crippen LogP contribution in [0.1, 0.15) is 11.1 Å². The number of carbonyl (C=O) groups excluding carboxylic acids is 1. The molecule has 1 amide bonds. The highest BCUT2D eigenvalue weighted by molar-refractivity contribution is 7.92. The van der Waals surface area contributed by atoms with Crippen molar-refractivity contribution in [2.75, 3.05) is 18.9 Å². The maximum atomic E-state index is 14.4. The zero-order valence-electron chi connectivity index (χ0n) is 15.7. The smallest absolute Gasteiger partial charge is 0.471 e. The van der Waals surface area contributed by atoms with E-state index in [2.05, 4.69) is 4.72 Å². The first-order chi connectivity index (χ1) is 14.0. The van der Waals surface area contributed by atoms with Gasteiger partial charge in [-0.3, -0.25) is 9.52 Å². The third-order valence-electron chi connectivity index (χ3n) is 4.46. The zero-order chi connectivity index (χ0) is 22.3. The molecule has 1 heterocycles. The van der Waals surface area contributed by atoms with Gasteiger partial charge in [-0.1, -0.05) is 6.07 Å². The average Bonchev–Trinajstić information content (AvgIpc) is 3.10. The molecule has 1 N–H and O–H groups in total. The van der Waals surface area contributed by atoms with Crippen molar-refractivity contribution in [2.45, 2.75) is 24.2 Å². The first-order valence-electron chi connectivity index (χ1n) is 8.38. The Bertz CT molecular complexity index is 1100. The van der Waals surface area contributed by atoms with Gasteiger partial charge >= 0.3 is 12.1 Å². The van der Waals surface area contributed by atoms with E-state index < -0.39 is 40.2 Å². The van der Waals surface area contributed by atoms with E-state index >= 15 is 0 Å². The number of nitrogens with zero attached hydrogens (tertiary/aromatic N) is 1. The van der Waals surface area contributed by atoms with Crippen LogP contribution in [0, 0.1) is 5.82 Å². The number of sulfonamides is 1. The lowest BCUT2D eigenvalue weighted by Gasteiger charge is -2.16. The van der Waals surface area contributed by atoms with Crippen LogP contribution in [-0.2, 0) is 27.9 Å². The summed E-state index contributed by atoms with van der Waals surface area (Å²) in [5.74, 6) is -2.97. The normalized spacial score (nSPS) is 13.7. The minimum Gasteiger partial charge on any atom is -0.497 e. The molecule has 3 rings (SSSR count). The van der Waals surface area contributed by atoms with Crippen molar-refractivity contribution in [3.8, 4) is 11.5 Å². The second kappa shape index (κ2) is 7.67. The van der Waals surface area contributed by atoms with E-state index in [1.54, 1.807) is 0 Å². The summed E-state index contributed by atoms with van der Waals surface area (Å²) in [7, 11) is -1.80. The Morgan fingerprint density at radius 3 is 2.33 bits per heavy atom. The van der Waals surface area contributed by atoms with E-state index in [0.717, 1.165) is 18.2 Å². The van der Waals surface area contributed by atoms with Gasteiger partial charge in [0.05, 0.1) is 19.1 Å². The van der Waals surface area contributed by atoms with Crippen molar-refractivity contribution >= 4 is 21.6 Å². The third kappa shape index (κ3) is 4.13. The maximum absolute atomic E-state index is 14.4. The molecule has 162 valence electrons. The third-order valence-corrected chi connectivity index (χ3v) is 5.81. The topological polar surface area (TPSA) is 84.9 Å². The van der Waals surface area contributed by atoms with Crippen LogP contribution in [-0.4, -0.2) is 39.6 Å². The standard InChI is InChI=1S/C18H16F4N2O5S/c1-28-12-6-14(19)16(15(7-12)29-2)23-30(26,27)13-4-3-10-8-24(9-11(10)5-13)17(25)18(20,21)22/h3-7,23H,8-9H2,1-2H3. The average molecular weight is 448 g/mol. The highest BCUT2D eigenvalue weighted by atomic mass is 32.2. The molecule has 0 unspecified atom stereocenters. The summed E-state index contributed by atoms with van der Waals surface area (Å²) >= 11 is 0. The van der Waals surface area contributed by atoms with Crippen molar-refractivity contribution in [3.05, 3.63) is 47.3 Å². The first-order valence-corrected chi connectivity index (χ1v) is 9.87. The second-order valence-corrected chi connectivity index (χ2v) is 8.06. The zero-order valence-corrected chi connectivity index (χ0v) is 16.5. The second-order valence-electron chi connectivity index (χ2n) is 6.38. The fourth-order valence-electron chi connectivity index (χ4n) is 2.99. The van der Waals surface area contributed by atoms with Crippen LogP contribution in [0.3, 0.4) is 0 Å². The number of benzene rings is 2. The molecule has 0 spiro atoms. The number of halogens is 4. The predicted octanol–water partition coefficient (Wildman–Crippen LogP) is 3.05. The monoisotopic (exact) mass is 448 g/mol. The molecule has 0 aliphatic carbocycles. The number of anilines is 1. The molecule has 2 aromatic rings. The summed E-state index contributed by atoms with van der Waals surface area (Å²) < 4.78 is 89.7. The predicted molar refractivity (Wildman–Crippen MR) is 97.1 cm³/mol. The summed E-state index contributed by atoms with van der Waals surface area (Å²) in [5.41, 5.74) is 0.185. The fraction of sp³-hybridized carbons (Fsp3) is 0.278. The molecule has 0 saturated carbocycles. The molecule has 1 aliphatic heterocycles. The summed E-state index contributed by atoms with van der Waals surface area (Å²) in [6.45, 7) is -0.681. The molecule has 0 radical (unpaired) electrons. The van der Waals surface area contributed by atoms with Crippen LogP contribution in [0.5, 0.6) is 11.5 Å². The molecule has 12 heteroatoms.